The lowest BCUT2D eigenvalue weighted by Gasteiger charge is -2.17. The third-order valence-corrected chi connectivity index (χ3v) is 5.27. The summed E-state index contributed by atoms with van der Waals surface area (Å²) < 4.78 is 22.8. The molecule has 1 aromatic heterocycles. The summed E-state index contributed by atoms with van der Waals surface area (Å²) in [5, 5.41) is 13.7. The molecule has 0 saturated carbocycles. The van der Waals surface area contributed by atoms with Gasteiger partial charge in [0.25, 0.3) is 0 Å². The van der Waals surface area contributed by atoms with Gasteiger partial charge >= 0.3 is 5.69 Å². The maximum atomic E-state index is 11.7. The van der Waals surface area contributed by atoms with E-state index in [4.69, 9.17) is 0 Å². The van der Waals surface area contributed by atoms with Crippen LogP contribution in [0.25, 0.3) is 0 Å². The lowest BCUT2D eigenvalue weighted by atomic mass is 10.3. The molecule has 0 fully saturated rings. The van der Waals surface area contributed by atoms with Crippen molar-refractivity contribution in [3.63, 3.8) is 0 Å². The summed E-state index contributed by atoms with van der Waals surface area (Å²) >= 11 is 0.741. The number of nitrogens with one attached hydrogen (secondary N) is 1. The Labute approximate surface area is 120 Å². The smallest absolute Gasteiger partial charge is 0.304 e. The van der Waals surface area contributed by atoms with Gasteiger partial charge in [-0.3, -0.25) is 14.9 Å². The van der Waals surface area contributed by atoms with E-state index >= 15 is 0 Å². The van der Waals surface area contributed by atoms with E-state index in [9.17, 15) is 23.3 Å². The highest BCUT2D eigenvalue weighted by molar-refractivity contribution is 7.92. The van der Waals surface area contributed by atoms with Gasteiger partial charge in [-0.05, 0) is 6.92 Å². The molecule has 0 spiro atoms. The number of thiophene rings is 1. The fraction of sp³-hybridized carbons (Fsp3) is 0.500. The van der Waals surface area contributed by atoms with Gasteiger partial charge in [0.15, 0.2) is 14.8 Å². The van der Waals surface area contributed by atoms with E-state index in [0.29, 0.717) is 0 Å². The van der Waals surface area contributed by atoms with E-state index in [1.807, 2.05) is 0 Å². The maximum Gasteiger partial charge on any atom is 0.304 e. The van der Waals surface area contributed by atoms with Crippen LogP contribution in [0.4, 0.5) is 10.7 Å². The van der Waals surface area contributed by atoms with Gasteiger partial charge in [0.2, 0.25) is 5.91 Å². The largest absolute Gasteiger partial charge is 0.360 e. The number of carbonyl (C=O) groups is 1. The zero-order valence-corrected chi connectivity index (χ0v) is 13.0. The van der Waals surface area contributed by atoms with E-state index in [1.54, 1.807) is 21.0 Å². The monoisotopic (exact) mass is 321 g/mol. The SMILES string of the molecule is C[C@H](Nc1sc(S(C)(=O)=O)cc1[N+](=O)[O-])C(=O)N(C)C. The van der Waals surface area contributed by atoms with Crippen molar-refractivity contribution in [1.82, 2.24) is 4.90 Å². The van der Waals surface area contributed by atoms with Crippen molar-refractivity contribution in [2.45, 2.75) is 17.2 Å². The molecule has 0 radical (unpaired) electrons. The van der Waals surface area contributed by atoms with E-state index < -0.39 is 20.8 Å². The summed E-state index contributed by atoms with van der Waals surface area (Å²) in [5.41, 5.74) is -0.353. The first-order valence-electron chi connectivity index (χ1n) is 5.50. The molecule has 1 aromatic rings. The molecule has 1 rings (SSSR count). The summed E-state index contributed by atoms with van der Waals surface area (Å²) in [7, 11) is -0.410. The number of nitrogens with zero attached hydrogens (tertiary/aromatic N) is 2. The summed E-state index contributed by atoms with van der Waals surface area (Å²) in [6.45, 7) is 1.55. The second kappa shape index (κ2) is 5.75. The Morgan fingerprint density at radius 2 is 2.05 bits per heavy atom. The zero-order chi connectivity index (χ0) is 15.7. The van der Waals surface area contributed by atoms with Crippen molar-refractivity contribution in [1.29, 1.82) is 0 Å². The molecule has 0 saturated heterocycles. The molecule has 0 aliphatic carbocycles. The van der Waals surface area contributed by atoms with Crippen molar-refractivity contribution in [3.8, 4) is 0 Å². The summed E-state index contributed by atoms with van der Waals surface area (Å²) in [4.78, 5) is 23.3. The Morgan fingerprint density at radius 3 is 2.45 bits per heavy atom. The summed E-state index contributed by atoms with van der Waals surface area (Å²) in [6.07, 6.45) is 0.973. The van der Waals surface area contributed by atoms with Crippen LogP contribution < -0.4 is 5.32 Å². The number of nitro groups is 1. The highest BCUT2D eigenvalue weighted by Gasteiger charge is 2.26. The van der Waals surface area contributed by atoms with Gasteiger partial charge in [-0.1, -0.05) is 11.3 Å². The minimum Gasteiger partial charge on any atom is -0.360 e. The molecule has 0 unspecified atom stereocenters. The summed E-state index contributed by atoms with van der Waals surface area (Å²) in [5.74, 6) is -0.270. The number of carbonyl (C=O) groups excluding carboxylic acids is 1. The molecule has 1 heterocycles. The number of hydrogen-bond donors (Lipinski definition) is 1. The fourth-order valence-corrected chi connectivity index (χ4v) is 3.45. The molecule has 1 atom stereocenters. The molecule has 112 valence electrons. The molecular formula is C10H15N3O5S2. The van der Waals surface area contributed by atoms with E-state index in [-0.39, 0.29) is 20.8 Å². The Kier molecular flexibility index (Phi) is 4.71. The first kappa shape index (κ1) is 16.4. The van der Waals surface area contributed by atoms with Crippen LogP contribution in [0.1, 0.15) is 6.92 Å². The number of sulfone groups is 1. The normalized spacial score (nSPS) is 12.8. The minimum atomic E-state index is -3.53. The molecule has 1 amide bonds. The van der Waals surface area contributed by atoms with Crippen LogP contribution in [0.3, 0.4) is 0 Å². The van der Waals surface area contributed by atoms with E-state index in [1.165, 1.54) is 4.90 Å². The second-order valence-electron chi connectivity index (χ2n) is 4.41. The minimum absolute atomic E-state index is 0.0538. The first-order valence-corrected chi connectivity index (χ1v) is 8.20. The van der Waals surface area contributed by atoms with Crippen molar-refractivity contribution < 1.29 is 18.1 Å². The van der Waals surface area contributed by atoms with Crippen LogP contribution in [-0.4, -0.2) is 50.5 Å². The van der Waals surface area contributed by atoms with Crippen LogP contribution >= 0.6 is 11.3 Å². The van der Waals surface area contributed by atoms with Gasteiger partial charge in [-0.25, -0.2) is 8.42 Å². The molecule has 0 aliphatic rings. The van der Waals surface area contributed by atoms with Crippen LogP contribution in [-0.2, 0) is 14.6 Å². The predicted octanol–water partition coefficient (Wildman–Crippen LogP) is 0.948. The van der Waals surface area contributed by atoms with Crippen molar-refractivity contribution in [3.05, 3.63) is 16.2 Å². The Hall–Kier alpha value is -1.68. The zero-order valence-electron chi connectivity index (χ0n) is 11.4. The Morgan fingerprint density at radius 1 is 1.50 bits per heavy atom. The Balaban J connectivity index is 3.15. The highest BCUT2D eigenvalue weighted by atomic mass is 32.2. The molecule has 0 aliphatic heterocycles. The van der Waals surface area contributed by atoms with Gasteiger partial charge in [-0.2, -0.15) is 0 Å². The van der Waals surface area contributed by atoms with Crippen molar-refractivity contribution >= 4 is 37.8 Å². The van der Waals surface area contributed by atoms with Gasteiger partial charge in [0.05, 0.1) is 4.92 Å². The number of likely N-dealkylation sites (N-methyl/N-ethyl adjacent to an activating group) is 1. The molecule has 8 nitrogen and oxygen atoms in total. The van der Waals surface area contributed by atoms with Gasteiger partial charge < -0.3 is 10.2 Å². The van der Waals surface area contributed by atoms with Crippen molar-refractivity contribution in [2.24, 2.45) is 0 Å². The van der Waals surface area contributed by atoms with Crippen LogP contribution in [0, 0.1) is 10.1 Å². The van der Waals surface area contributed by atoms with Gasteiger partial charge in [0, 0.05) is 26.4 Å². The number of amides is 1. The number of rotatable bonds is 5. The predicted molar refractivity (Wildman–Crippen MR) is 75.9 cm³/mol. The van der Waals surface area contributed by atoms with Gasteiger partial charge in [-0.15, -0.1) is 0 Å². The topological polar surface area (TPSA) is 110 Å². The second-order valence-corrected chi connectivity index (χ2v) is 7.70. The summed E-state index contributed by atoms with van der Waals surface area (Å²) in [6, 6.07) is 0.296. The molecule has 0 aromatic carbocycles. The quantitative estimate of drug-likeness (QED) is 0.638. The standard InChI is InChI=1S/C10H15N3O5S2/c1-6(10(14)12(2)3)11-9-7(13(15)16)5-8(19-9)20(4,17)18/h5-6,11H,1-4H3/t6-/m0/s1. The first-order chi connectivity index (χ1) is 9.04. The molecule has 1 N–H and O–H groups in total. The van der Waals surface area contributed by atoms with E-state index in [2.05, 4.69) is 5.32 Å². The lowest BCUT2D eigenvalue weighted by Crippen LogP contribution is -2.36. The van der Waals surface area contributed by atoms with Gasteiger partial charge in [0.1, 0.15) is 10.3 Å². The molecule has 0 bridgehead atoms. The van der Waals surface area contributed by atoms with Crippen LogP contribution in [0.2, 0.25) is 0 Å². The average Bonchev–Trinajstić information content (AvgIpc) is 2.71. The van der Waals surface area contributed by atoms with Crippen molar-refractivity contribution in [2.75, 3.05) is 25.7 Å². The maximum absolute atomic E-state index is 11.7. The third-order valence-electron chi connectivity index (χ3n) is 2.41. The molecule has 20 heavy (non-hydrogen) atoms. The lowest BCUT2D eigenvalue weighted by molar-refractivity contribution is -0.383. The Bertz CT molecular complexity index is 635. The third kappa shape index (κ3) is 3.67. The molecular weight excluding hydrogens is 306 g/mol. The highest BCUT2D eigenvalue weighted by Crippen LogP contribution is 2.37. The fourth-order valence-electron chi connectivity index (χ4n) is 1.43. The van der Waals surface area contributed by atoms with Crippen LogP contribution in [0.5, 0.6) is 0 Å². The number of anilines is 1. The van der Waals surface area contributed by atoms with Crippen LogP contribution in [0.15, 0.2) is 10.3 Å². The average molecular weight is 321 g/mol. The van der Waals surface area contributed by atoms with E-state index in [0.717, 1.165) is 23.7 Å². The number of hydrogen-bond acceptors (Lipinski definition) is 7. The molecule has 10 heteroatoms.